The molecular formula is C14H8N4O6. The molecule has 0 aliphatic heterocycles. The van der Waals surface area contributed by atoms with Gasteiger partial charge in [-0.3, -0.25) is 15.1 Å². The van der Waals surface area contributed by atoms with E-state index in [2.05, 4.69) is 9.97 Å². The molecule has 120 valence electrons. The van der Waals surface area contributed by atoms with E-state index in [0.29, 0.717) is 0 Å². The molecule has 1 aromatic carbocycles. The number of carboxylic acid groups (broad SMARTS) is 1. The number of aromatic carboxylic acids is 1. The number of nitriles is 1. The predicted octanol–water partition coefficient (Wildman–Crippen LogP) is 1.56. The minimum absolute atomic E-state index is 0.0396. The largest absolute Gasteiger partial charge is 0.504 e. The molecule has 0 radical (unpaired) electrons. The molecule has 0 unspecified atom stereocenters. The standard InChI is InChI=1S/C14H8N4O6/c15-4-8(9-5-17-10(6-16-9)14(21)22)1-7-2-11(18(23)24)13(20)12(19)3-7/h1-3,5-6,19-20H,(H,21,22). The Balaban J connectivity index is 2.50. The van der Waals surface area contributed by atoms with E-state index in [9.17, 15) is 30.4 Å². The Labute approximate surface area is 133 Å². The Morgan fingerprint density at radius 1 is 1.25 bits per heavy atom. The lowest BCUT2D eigenvalue weighted by Gasteiger charge is -2.03. The molecule has 0 aliphatic rings. The van der Waals surface area contributed by atoms with Gasteiger partial charge in [0, 0.05) is 6.07 Å². The van der Waals surface area contributed by atoms with Gasteiger partial charge in [-0.1, -0.05) is 0 Å². The third-order valence-electron chi connectivity index (χ3n) is 2.87. The van der Waals surface area contributed by atoms with E-state index in [1.54, 1.807) is 6.07 Å². The number of benzene rings is 1. The number of rotatable bonds is 4. The zero-order valence-electron chi connectivity index (χ0n) is 11.7. The van der Waals surface area contributed by atoms with E-state index >= 15 is 0 Å². The van der Waals surface area contributed by atoms with Crippen molar-refractivity contribution in [2.45, 2.75) is 0 Å². The predicted molar refractivity (Wildman–Crippen MR) is 78.9 cm³/mol. The third-order valence-corrected chi connectivity index (χ3v) is 2.87. The molecule has 10 heteroatoms. The molecule has 0 aliphatic carbocycles. The van der Waals surface area contributed by atoms with E-state index in [0.717, 1.165) is 24.5 Å². The first-order valence-corrected chi connectivity index (χ1v) is 6.21. The topological polar surface area (TPSA) is 170 Å². The monoisotopic (exact) mass is 328 g/mol. The summed E-state index contributed by atoms with van der Waals surface area (Å²) >= 11 is 0. The highest BCUT2D eigenvalue weighted by atomic mass is 16.6. The van der Waals surface area contributed by atoms with Gasteiger partial charge in [-0.05, 0) is 17.7 Å². The van der Waals surface area contributed by atoms with Crippen LogP contribution in [0, 0.1) is 21.4 Å². The molecular weight excluding hydrogens is 320 g/mol. The number of nitro benzene ring substituents is 1. The SMILES string of the molecule is N#CC(=Cc1cc(O)c(O)c([N+](=O)[O-])c1)c1cnc(C(=O)O)cn1. The number of phenols is 2. The van der Waals surface area contributed by atoms with Crippen LogP contribution in [0.25, 0.3) is 11.6 Å². The average Bonchev–Trinajstić information content (AvgIpc) is 2.55. The minimum atomic E-state index is -1.28. The van der Waals surface area contributed by atoms with Gasteiger partial charge in [0.15, 0.2) is 11.4 Å². The van der Waals surface area contributed by atoms with Gasteiger partial charge in [-0.2, -0.15) is 5.26 Å². The lowest BCUT2D eigenvalue weighted by molar-refractivity contribution is -0.386. The Bertz CT molecular complexity index is 899. The lowest BCUT2D eigenvalue weighted by atomic mass is 10.1. The molecule has 2 aromatic rings. The molecule has 0 saturated carbocycles. The molecule has 0 bridgehead atoms. The first-order valence-electron chi connectivity index (χ1n) is 6.21. The number of hydrogen-bond acceptors (Lipinski definition) is 8. The van der Waals surface area contributed by atoms with Gasteiger partial charge >= 0.3 is 11.7 Å². The normalized spacial score (nSPS) is 10.9. The van der Waals surface area contributed by atoms with Crippen molar-refractivity contribution in [3.63, 3.8) is 0 Å². The fraction of sp³-hybridized carbons (Fsp3) is 0. The maximum Gasteiger partial charge on any atom is 0.356 e. The summed E-state index contributed by atoms with van der Waals surface area (Å²) in [6.07, 6.45) is 3.20. The number of phenolic OH excluding ortho intramolecular Hbond substituents is 2. The first kappa shape index (κ1) is 16.4. The van der Waals surface area contributed by atoms with E-state index in [1.807, 2.05) is 0 Å². The van der Waals surface area contributed by atoms with Crippen molar-refractivity contribution in [1.29, 1.82) is 5.26 Å². The minimum Gasteiger partial charge on any atom is -0.504 e. The van der Waals surface area contributed by atoms with Crippen molar-refractivity contribution in [3.05, 3.63) is 51.6 Å². The molecule has 1 aromatic heterocycles. The quantitative estimate of drug-likeness (QED) is 0.326. The molecule has 0 spiro atoms. The molecule has 1 heterocycles. The zero-order chi connectivity index (χ0) is 17.9. The maximum absolute atomic E-state index is 10.8. The van der Waals surface area contributed by atoms with E-state index < -0.39 is 28.1 Å². The maximum atomic E-state index is 10.8. The van der Waals surface area contributed by atoms with Gasteiger partial charge in [-0.15, -0.1) is 0 Å². The summed E-state index contributed by atoms with van der Waals surface area (Å²) in [5.74, 6) is -2.89. The van der Waals surface area contributed by atoms with Crippen LogP contribution in [-0.4, -0.2) is 36.2 Å². The summed E-state index contributed by atoms with van der Waals surface area (Å²) in [5, 5.41) is 47.7. The van der Waals surface area contributed by atoms with E-state index in [-0.39, 0.29) is 22.5 Å². The molecule has 3 N–H and O–H groups in total. The lowest BCUT2D eigenvalue weighted by Crippen LogP contribution is -2.02. The Morgan fingerprint density at radius 2 is 1.88 bits per heavy atom. The number of nitrogens with zero attached hydrogens (tertiary/aromatic N) is 4. The Hall–Kier alpha value is -4.00. The highest BCUT2D eigenvalue weighted by molar-refractivity contribution is 5.89. The van der Waals surface area contributed by atoms with Crippen molar-refractivity contribution in [3.8, 4) is 17.6 Å². The number of carbonyl (C=O) groups is 1. The first-order chi connectivity index (χ1) is 11.3. The van der Waals surface area contributed by atoms with Crippen LogP contribution >= 0.6 is 0 Å². The van der Waals surface area contributed by atoms with Crippen molar-refractivity contribution in [1.82, 2.24) is 9.97 Å². The Kier molecular flexibility index (Phi) is 4.37. The number of hydrogen-bond donors (Lipinski definition) is 3. The number of nitro groups is 1. The fourth-order valence-corrected chi connectivity index (χ4v) is 1.76. The summed E-state index contributed by atoms with van der Waals surface area (Å²) < 4.78 is 0. The summed E-state index contributed by atoms with van der Waals surface area (Å²) in [6.45, 7) is 0. The fourth-order valence-electron chi connectivity index (χ4n) is 1.76. The second-order valence-electron chi connectivity index (χ2n) is 4.43. The molecule has 0 amide bonds. The smallest absolute Gasteiger partial charge is 0.356 e. The van der Waals surface area contributed by atoms with Gasteiger partial charge < -0.3 is 15.3 Å². The zero-order valence-corrected chi connectivity index (χ0v) is 11.7. The van der Waals surface area contributed by atoms with Gasteiger partial charge in [0.2, 0.25) is 5.75 Å². The Morgan fingerprint density at radius 3 is 2.38 bits per heavy atom. The highest BCUT2D eigenvalue weighted by Crippen LogP contribution is 2.36. The van der Waals surface area contributed by atoms with Gasteiger partial charge in [0.25, 0.3) is 0 Å². The number of allylic oxidation sites excluding steroid dienone is 1. The van der Waals surface area contributed by atoms with E-state index in [1.165, 1.54) is 6.08 Å². The third kappa shape index (κ3) is 3.25. The summed E-state index contributed by atoms with van der Waals surface area (Å²) in [4.78, 5) is 28.1. The van der Waals surface area contributed by atoms with Crippen molar-refractivity contribution in [2.75, 3.05) is 0 Å². The van der Waals surface area contributed by atoms with Crippen molar-refractivity contribution < 1.29 is 25.0 Å². The average molecular weight is 328 g/mol. The van der Waals surface area contributed by atoms with Crippen LogP contribution in [0.3, 0.4) is 0 Å². The van der Waals surface area contributed by atoms with Crippen molar-refractivity contribution >= 4 is 23.3 Å². The van der Waals surface area contributed by atoms with Crippen LogP contribution in [-0.2, 0) is 0 Å². The van der Waals surface area contributed by atoms with Crippen LogP contribution < -0.4 is 0 Å². The summed E-state index contributed by atoms with van der Waals surface area (Å²) in [7, 11) is 0. The number of carboxylic acids is 1. The van der Waals surface area contributed by atoms with Crippen LogP contribution in [0.5, 0.6) is 11.5 Å². The second kappa shape index (κ2) is 6.41. The second-order valence-corrected chi connectivity index (χ2v) is 4.43. The number of aromatic hydroxyl groups is 2. The molecule has 0 fully saturated rings. The van der Waals surface area contributed by atoms with Crippen LogP contribution in [0.1, 0.15) is 21.7 Å². The molecule has 2 rings (SSSR count). The summed E-state index contributed by atoms with van der Waals surface area (Å²) in [5.41, 5.74) is -1.01. The number of aromatic nitrogens is 2. The van der Waals surface area contributed by atoms with E-state index in [4.69, 9.17) is 5.11 Å². The van der Waals surface area contributed by atoms with Gasteiger partial charge in [0.1, 0.15) is 6.07 Å². The van der Waals surface area contributed by atoms with Crippen LogP contribution in [0.2, 0.25) is 0 Å². The highest BCUT2D eigenvalue weighted by Gasteiger charge is 2.18. The van der Waals surface area contributed by atoms with Crippen molar-refractivity contribution in [2.24, 2.45) is 0 Å². The molecule has 10 nitrogen and oxygen atoms in total. The summed E-state index contributed by atoms with van der Waals surface area (Å²) in [6, 6.07) is 3.79. The molecule has 0 atom stereocenters. The van der Waals surface area contributed by atoms with Gasteiger partial charge in [0.05, 0.1) is 28.6 Å². The van der Waals surface area contributed by atoms with Crippen LogP contribution in [0.4, 0.5) is 5.69 Å². The molecule has 24 heavy (non-hydrogen) atoms. The van der Waals surface area contributed by atoms with Gasteiger partial charge in [-0.25, -0.2) is 9.78 Å². The van der Waals surface area contributed by atoms with Crippen LogP contribution in [0.15, 0.2) is 24.5 Å². The molecule has 0 saturated heterocycles.